The quantitative estimate of drug-likeness (QED) is 0.731. The summed E-state index contributed by atoms with van der Waals surface area (Å²) < 4.78 is 5.44. The van der Waals surface area contributed by atoms with Gasteiger partial charge in [-0.3, -0.25) is 4.79 Å². The summed E-state index contributed by atoms with van der Waals surface area (Å²) in [4.78, 5) is 24.9. The summed E-state index contributed by atoms with van der Waals surface area (Å²) in [6.45, 7) is 15.4. The first kappa shape index (κ1) is 20.2. The van der Waals surface area contributed by atoms with Crippen molar-refractivity contribution in [3.63, 3.8) is 0 Å². The molecule has 1 N–H and O–H groups in total. The smallest absolute Gasteiger partial charge is 0.410 e. The van der Waals surface area contributed by atoms with Gasteiger partial charge in [0.1, 0.15) is 5.60 Å². The number of carbonyl (C=O) groups excluding carboxylic acids is 2. The van der Waals surface area contributed by atoms with Crippen LogP contribution in [0.5, 0.6) is 0 Å². The van der Waals surface area contributed by atoms with Crippen LogP contribution in [0, 0.1) is 0 Å². The Balaban J connectivity index is 4.63. The van der Waals surface area contributed by atoms with Gasteiger partial charge in [0.15, 0.2) is 0 Å². The number of amides is 2. The normalized spacial score (nSPS) is 12.8. The van der Waals surface area contributed by atoms with Gasteiger partial charge in [-0.25, -0.2) is 4.79 Å². The molecule has 0 saturated carbocycles. The van der Waals surface area contributed by atoms with Gasteiger partial charge >= 0.3 is 6.09 Å². The van der Waals surface area contributed by atoms with Gasteiger partial charge in [-0.1, -0.05) is 19.6 Å². The van der Waals surface area contributed by atoms with E-state index in [9.17, 15) is 9.59 Å². The summed E-state index contributed by atoms with van der Waals surface area (Å²) in [5, 5.41) is 2.60. The largest absolute Gasteiger partial charge is 0.444 e. The van der Waals surface area contributed by atoms with Gasteiger partial charge in [-0.05, 0) is 46.6 Å². The lowest BCUT2D eigenvalue weighted by Crippen LogP contribution is -2.42. The maximum absolute atomic E-state index is 12.2. The summed E-state index contributed by atoms with van der Waals surface area (Å²) in [6.07, 6.45) is 4.88. The second-order valence-corrected chi connectivity index (χ2v) is 6.37. The van der Waals surface area contributed by atoms with Crippen LogP contribution in [-0.2, 0) is 9.53 Å². The first-order valence-electron chi connectivity index (χ1n) is 7.69. The van der Waals surface area contributed by atoms with E-state index in [-0.39, 0.29) is 18.0 Å². The zero-order chi connectivity index (χ0) is 17.3. The third kappa shape index (κ3) is 9.21. The number of allylic oxidation sites excluding steroid dienone is 1. The Hall–Kier alpha value is -1.78. The lowest BCUT2D eigenvalue weighted by atomic mass is 10.1. The van der Waals surface area contributed by atoms with Crippen LogP contribution in [0.15, 0.2) is 24.4 Å². The Morgan fingerprint density at radius 1 is 1.36 bits per heavy atom. The van der Waals surface area contributed by atoms with Crippen molar-refractivity contribution in [2.45, 2.75) is 66.0 Å². The van der Waals surface area contributed by atoms with Crippen molar-refractivity contribution in [3.05, 3.63) is 24.4 Å². The molecule has 5 heteroatoms. The highest BCUT2D eigenvalue weighted by Crippen LogP contribution is 2.14. The predicted octanol–water partition coefficient (Wildman–Crippen LogP) is 3.62. The summed E-state index contributed by atoms with van der Waals surface area (Å²) in [5.74, 6) is -0.149. The van der Waals surface area contributed by atoms with Crippen molar-refractivity contribution in [2.75, 3.05) is 6.54 Å². The van der Waals surface area contributed by atoms with Gasteiger partial charge in [0.05, 0.1) is 0 Å². The first-order chi connectivity index (χ1) is 10.1. The third-order valence-electron chi connectivity index (χ3n) is 2.76. The predicted molar refractivity (Wildman–Crippen MR) is 89.4 cm³/mol. The molecule has 0 saturated heterocycles. The molecule has 2 amide bonds. The van der Waals surface area contributed by atoms with E-state index in [4.69, 9.17) is 4.74 Å². The fraction of sp³-hybridized carbons (Fsp3) is 0.647. The third-order valence-corrected chi connectivity index (χ3v) is 2.76. The number of rotatable bonds is 7. The maximum Gasteiger partial charge on any atom is 0.410 e. The molecule has 0 radical (unpaired) electrons. The minimum atomic E-state index is -0.502. The van der Waals surface area contributed by atoms with Crippen LogP contribution in [0.1, 0.15) is 54.4 Å². The molecular weight excluding hydrogens is 280 g/mol. The van der Waals surface area contributed by atoms with Crippen molar-refractivity contribution in [3.8, 4) is 0 Å². The van der Waals surface area contributed by atoms with E-state index in [1.807, 2.05) is 40.7 Å². The Bertz CT molecular complexity index is 422. The molecule has 0 bridgehead atoms. The Labute approximate surface area is 134 Å². The molecule has 0 spiro atoms. The minimum absolute atomic E-state index is 0.0104. The van der Waals surface area contributed by atoms with Crippen molar-refractivity contribution < 1.29 is 14.3 Å². The van der Waals surface area contributed by atoms with Crippen LogP contribution in [0.3, 0.4) is 0 Å². The van der Waals surface area contributed by atoms with Crippen LogP contribution in [0.2, 0.25) is 0 Å². The van der Waals surface area contributed by atoms with Crippen molar-refractivity contribution in [1.82, 2.24) is 10.2 Å². The topological polar surface area (TPSA) is 58.6 Å². The molecule has 0 aliphatic rings. The molecule has 0 aliphatic carbocycles. The minimum Gasteiger partial charge on any atom is -0.444 e. The van der Waals surface area contributed by atoms with Gasteiger partial charge in [0, 0.05) is 25.2 Å². The summed E-state index contributed by atoms with van der Waals surface area (Å²) >= 11 is 0. The van der Waals surface area contributed by atoms with Gasteiger partial charge in [-0.15, -0.1) is 0 Å². The molecule has 22 heavy (non-hydrogen) atoms. The number of ether oxygens (including phenoxy) is 1. The second-order valence-electron chi connectivity index (χ2n) is 6.37. The Morgan fingerprint density at radius 3 is 2.41 bits per heavy atom. The zero-order valence-electron chi connectivity index (χ0n) is 14.7. The lowest BCUT2D eigenvalue weighted by molar-refractivity contribution is -0.118. The molecule has 1 atom stereocenters. The molecule has 0 aliphatic heterocycles. The molecule has 0 heterocycles. The standard InChI is InChI=1S/C17H30N2O3/c1-8-12-19(16(21)22-17(5,6)7)14(3)11-9-10-13(2)18-15(4)20/h9-10,14H,2,8,11-12H2,1,3-7H3,(H,18,20)/b10-9-. The molecule has 1 unspecified atom stereocenters. The van der Waals surface area contributed by atoms with Crippen LogP contribution >= 0.6 is 0 Å². The van der Waals surface area contributed by atoms with Crippen LogP contribution in [-0.4, -0.2) is 35.1 Å². The highest BCUT2D eigenvalue weighted by atomic mass is 16.6. The summed E-state index contributed by atoms with van der Waals surface area (Å²) in [5.41, 5.74) is 0.0391. The molecule has 0 rings (SSSR count). The maximum atomic E-state index is 12.2. The highest BCUT2D eigenvalue weighted by molar-refractivity contribution is 5.75. The van der Waals surface area contributed by atoms with E-state index in [1.165, 1.54) is 6.92 Å². The number of hydrogen-bond donors (Lipinski definition) is 1. The average molecular weight is 310 g/mol. The van der Waals surface area contributed by atoms with Gasteiger partial charge in [-0.2, -0.15) is 0 Å². The van der Waals surface area contributed by atoms with Gasteiger partial charge < -0.3 is 15.0 Å². The molecule has 126 valence electrons. The van der Waals surface area contributed by atoms with Crippen LogP contribution < -0.4 is 5.32 Å². The first-order valence-corrected chi connectivity index (χ1v) is 7.69. The fourth-order valence-corrected chi connectivity index (χ4v) is 1.86. The Morgan fingerprint density at radius 2 is 1.95 bits per heavy atom. The average Bonchev–Trinajstić information content (AvgIpc) is 2.32. The lowest BCUT2D eigenvalue weighted by Gasteiger charge is -2.31. The van der Waals surface area contributed by atoms with Gasteiger partial charge in [0.25, 0.3) is 0 Å². The molecular formula is C17H30N2O3. The van der Waals surface area contributed by atoms with E-state index in [0.717, 1.165) is 6.42 Å². The molecule has 0 aromatic carbocycles. The van der Waals surface area contributed by atoms with Crippen molar-refractivity contribution in [1.29, 1.82) is 0 Å². The fourth-order valence-electron chi connectivity index (χ4n) is 1.86. The summed E-state index contributed by atoms with van der Waals surface area (Å²) in [7, 11) is 0. The molecule has 0 fully saturated rings. The van der Waals surface area contributed by atoms with E-state index < -0.39 is 5.60 Å². The van der Waals surface area contributed by atoms with E-state index >= 15 is 0 Å². The number of hydrogen-bond acceptors (Lipinski definition) is 3. The van der Waals surface area contributed by atoms with Crippen LogP contribution in [0.4, 0.5) is 4.79 Å². The van der Waals surface area contributed by atoms with Gasteiger partial charge in [0.2, 0.25) is 5.91 Å². The summed E-state index contributed by atoms with van der Waals surface area (Å²) in [6, 6.07) is 0.0104. The Kier molecular flexibility index (Phi) is 8.53. The highest BCUT2D eigenvalue weighted by Gasteiger charge is 2.24. The van der Waals surface area contributed by atoms with E-state index in [1.54, 1.807) is 11.0 Å². The zero-order valence-corrected chi connectivity index (χ0v) is 14.7. The van der Waals surface area contributed by atoms with Crippen molar-refractivity contribution >= 4 is 12.0 Å². The van der Waals surface area contributed by atoms with E-state index in [2.05, 4.69) is 11.9 Å². The second kappa shape index (κ2) is 9.28. The van der Waals surface area contributed by atoms with E-state index in [0.29, 0.717) is 18.7 Å². The molecule has 5 nitrogen and oxygen atoms in total. The molecule has 0 aromatic rings. The van der Waals surface area contributed by atoms with Crippen molar-refractivity contribution in [2.24, 2.45) is 0 Å². The number of nitrogens with one attached hydrogen (secondary N) is 1. The SMILES string of the molecule is C=C(/C=C\CC(C)N(CCC)C(=O)OC(C)(C)C)NC(C)=O. The number of carbonyl (C=O) groups is 2. The monoisotopic (exact) mass is 310 g/mol. The van der Waals surface area contributed by atoms with Crippen LogP contribution in [0.25, 0.3) is 0 Å². The number of nitrogens with zero attached hydrogens (tertiary/aromatic N) is 1. The molecule has 0 aromatic heterocycles.